The fourth-order valence-electron chi connectivity index (χ4n) is 2.99. The number of carbonyl (C=O) groups excluding carboxylic acids is 2. The van der Waals surface area contributed by atoms with Gasteiger partial charge in [-0.25, -0.2) is 4.98 Å². The highest BCUT2D eigenvalue weighted by Gasteiger charge is 2.14. The molecule has 31 heavy (non-hydrogen) atoms. The maximum absolute atomic E-state index is 12.8. The lowest BCUT2D eigenvalue weighted by molar-refractivity contribution is 0.101. The molecular formula is C23H19ClN4O2S. The van der Waals surface area contributed by atoms with Gasteiger partial charge < -0.3 is 15.6 Å². The van der Waals surface area contributed by atoms with Gasteiger partial charge in [-0.05, 0) is 55.6 Å². The molecule has 8 heteroatoms. The standard InChI is InChI=1S/C23H19ClN4O2S/c1-13-14(2)26-21(25-13)15-5-3-6-17(11-15)27-22(29)16-8-9-18(24)19(12-16)28-23(30)20-7-4-10-31-20/h3-12H,1-2H3,(H,25,26)(H,27,29)(H,28,30). The first-order chi connectivity index (χ1) is 14.9. The van der Waals surface area contributed by atoms with Crippen LogP contribution in [0.2, 0.25) is 5.02 Å². The lowest BCUT2D eigenvalue weighted by Gasteiger charge is -2.10. The number of nitrogens with one attached hydrogen (secondary N) is 3. The Bertz CT molecular complexity index is 1250. The number of rotatable bonds is 5. The molecule has 0 spiro atoms. The van der Waals surface area contributed by atoms with Crippen LogP contribution in [0, 0.1) is 13.8 Å². The Balaban J connectivity index is 1.52. The van der Waals surface area contributed by atoms with Crippen molar-refractivity contribution in [2.75, 3.05) is 10.6 Å². The van der Waals surface area contributed by atoms with E-state index in [1.807, 2.05) is 37.4 Å². The highest BCUT2D eigenvalue weighted by molar-refractivity contribution is 7.12. The van der Waals surface area contributed by atoms with Gasteiger partial charge in [-0.15, -0.1) is 11.3 Å². The number of H-pyrrole nitrogens is 1. The minimum absolute atomic E-state index is 0.272. The Labute approximate surface area is 188 Å². The molecule has 3 N–H and O–H groups in total. The first-order valence-electron chi connectivity index (χ1n) is 9.50. The van der Waals surface area contributed by atoms with Gasteiger partial charge in [-0.1, -0.05) is 29.8 Å². The van der Waals surface area contributed by atoms with Crippen molar-refractivity contribution >= 4 is 46.1 Å². The zero-order valence-electron chi connectivity index (χ0n) is 16.8. The number of aromatic nitrogens is 2. The lowest BCUT2D eigenvalue weighted by Crippen LogP contribution is -2.14. The number of aryl methyl sites for hydroxylation is 2. The summed E-state index contributed by atoms with van der Waals surface area (Å²) in [5.41, 5.74) is 4.19. The Morgan fingerprint density at radius 1 is 1.00 bits per heavy atom. The molecule has 0 atom stereocenters. The normalized spacial score (nSPS) is 10.7. The van der Waals surface area contributed by atoms with Gasteiger partial charge in [0.25, 0.3) is 11.8 Å². The molecular weight excluding hydrogens is 432 g/mol. The van der Waals surface area contributed by atoms with Crippen molar-refractivity contribution in [2.24, 2.45) is 0 Å². The van der Waals surface area contributed by atoms with Crippen LogP contribution in [0.5, 0.6) is 0 Å². The number of hydrogen-bond acceptors (Lipinski definition) is 4. The van der Waals surface area contributed by atoms with Crippen molar-refractivity contribution in [1.29, 1.82) is 0 Å². The summed E-state index contributed by atoms with van der Waals surface area (Å²) in [6.45, 7) is 3.91. The molecule has 0 saturated heterocycles. The van der Waals surface area contributed by atoms with Crippen LogP contribution in [-0.2, 0) is 0 Å². The minimum atomic E-state index is -0.313. The summed E-state index contributed by atoms with van der Waals surface area (Å²) < 4.78 is 0. The molecule has 156 valence electrons. The SMILES string of the molecule is Cc1nc(-c2cccc(NC(=O)c3ccc(Cl)c(NC(=O)c4cccs4)c3)c2)[nH]c1C. The van der Waals surface area contributed by atoms with Gasteiger partial charge >= 0.3 is 0 Å². The summed E-state index contributed by atoms with van der Waals surface area (Å²) in [6, 6.07) is 15.7. The molecule has 2 aromatic carbocycles. The monoisotopic (exact) mass is 450 g/mol. The zero-order valence-corrected chi connectivity index (χ0v) is 18.4. The molecule has 0 bridgehead atoms. The molecule has 0 saturated carbocycles. The van der Waals surface area contributed by atoms with E-state index in [0.29, 0.717) is 26.8 Å². The van der Waals surface area contributed by atoms with Crippen LogP contribution in [0.25, 0.3) is 11.4 Å². The Morgan fingerprint density at radius 3 is 2.55 bits per heavy atom. The number of anilines is 2. The molecule has 4 aromatic rings. The average molecular weight is 451 g/mol. The van der Waals surface area contributed by atoms with Crippen LogP contribution >= 0.6 is 22.9 Å². The predicted octanol–water partition coefficient (Wildman–Crippen LogP) is 5.91. The van der Waals surface area contributed by atoms with Crippen molar-refractivity contribution in [1.82, 2.24) is 9.97 Å². The summed E-state index contributed by atoms with van der Waals surface area (Å²) in [5.74, 6) is 0.162. The molecule has 6 nitrogen and oxygen atoms in total. The summed E-state index contributed by atoms with van der Waals surface area (Å²) in [6.07, 6.45) is 0. The zero-order chi connectivity index (χ0) is 22.0. The number of carbonyl (C=O) groups is 2. The maximum Gasteiger partial charge on any atom is 0.265 e. The molecule has 0 aliphatic carbocycles. The van der Waals surface area contributed by atoms with Crippen molar-refractivity contribution in [3.8, 4) is 11.4 Å². The second kappa shape index (κ2) is 8.75. The van der Waals surface area contributed by atoms with Crippen molar-refractivity contribution in [3.05, 3.63) is 86.8 Å². The fourth-order valence-corrected chi connectivity index (χ4v) is 3.77. The highest BCUT2D eigenvalue weighted by Crippen LogP contribution is 2.26. The van der Waals surface area contributed by atoms with E-state index in [4.69, 9.17) is 11.6 Å². The first-order valence-corrected chi connectivity index (χ1v) is 10.8. The van der Waals surface area contributed by atoms with Crippen LogP contribution in [0.3, 0.4) is 0 Å². The molecule has 2 amide bonds. The molecule has 4 rings (SSSR count). The molecule has 0 aliphatic heterocycles. The van der Waals surface area contributed by atoms with Crippen LogP contribution in [0.1, 0.15) is 31.4 Å². The van der Waals surface area contributed by atoms with Crippen molar-refractivity contribution in [3.63, 3.8) is 0 Å². The second-order valence-corrected chi connectivity index (χ2v) is 8.31. The number of hydrogen-bond donors (Lipinski definition) is 3. The van der Waals surface area contributed by atoms with Crippen LogP contribution in [0.15, 0.2) is 60.0 Å². The summed E-state index contributed by atoms with van der Waals surface area (Å²) in [5, 5.41) is 7.81. The van der Waals surface area contributed by atoms with Crippen molar-refractivity contribution in [2.45, 2.75) is 13.8 Å². The third kappa shape index (κ3) is 4.68. The Morgan fingerprint density at radius 2 is 1.84 bits per heavy atom. The van der Waals surface area contributed by atoms with E-state index in [2.05, 4.69) is 20.6 Å². The van der Waals surface area contributed by atoms with E-state index < -0.39 is 0 Å². The number of amides is 2. The highest BCUT2D eigenvalue weighted by atomic mass is 35.5. The van der Waals surface area contributed by atoms with Gasteiger partial charge in [-0.3, -0.25) is 9.59 Å². The Kier molecular flexibility index (Phi) is 5.88. The summed E-state index contributed by atoms with van der Waals surface area (Å²) in [4.78, 5) is 33.4. The van der Waals surface area contributed by atoms with Gasteiger partial charge in [0.2, 0.25) is 0 Å². The number of aromatic amines is 1. The number of halogens is 1. The fraction of sp³-hybridized carbons (Fsp3) is 0.0870. The van der Waals surface area contributed by atoms with E-state index in [9.17, 15) is 9.59 Å². The number of benzene rings is 2. The van der Waals surface area contributed by atoms with Gasteiger partial charge in [-0.2, -0.15) is 0 Å². The van der Waals surface area contributed by atoms with Crippen LogP contribution < -0.4 is 10.6 Å². The maximum atomic E-state index is 12.8. The van der Waals surface area contributed by atoms with Gasteiger partial charge in [0, 0.05) is 22.5 Å². The second-order valence-electron chi connectivity index (χ2n) is 6.96. The smallest absolute Gasteiger partial charge is 0.265 e. The van der Waals surface area contributed by atoms with E-state index in [1.165, 1.54) is 11.3 Å². The largest absolute Gasteiger partial charge is 0.342 e. The molecule has 0 radical (unpaired) electrons. The topological polar surface area (TPSA) is 86.9 Å². The first kappa shape index (κ1) is 20.8. The Hall–Kier alpha value is -3.42. The summed E-state index contributed by atoms with van der Waals surface area (Å²) in [7, 11) is 0. The number of thiophene rings is 1. The minimum Gasteiger partial charge on any atom is -0.342 e. The van der Waals surface area contributed by atoms with E-state index >= 15 is 0 Å². The van der Waals surface area contributed by atoms with Crippen LogP contribution in [-0.4, -0.2) is 21.8 Å². The van der Waals surface area contributed by atoms with E-state index in [-0.39, 0.29) is 11.8 Å². The number of imidazole rings is 1. The lowest BCUT2D eigenvalue weighted by atomic mass is 10.1. The molecule has 2 heterocycles. The molecule has 0 aliphatic rings. The summed E-state index contributed by atoms with van der Waals surface area (Å²) >= 11 is 7.54. The van der Waals surface area contributed by atoms with E-state index in [0.717, 1.165) is 22.8 Å². The third-order valence-corrected chi connectivity index (χ3v) is 5.94. The number of nitrogens with zero attached hydrogens (tertiary/aromatic N) is 1. The predicted molar refractivity (Wildman–Crippen MR) is 125 cm³/mol. The molecule has 0 unspecified atom stereocenters. The quantitative estimate of drug-likeness (QED) is 0.353. The van der Waals surface area contributed by atoms with Gasteiger partial charge in [0.15, 0.2) is 0 Å². The van der Waals surface area contributed by atoms with Gasteiger partial charge in [0.1, 0.15) is 5.82 Å². The third-order valence-electron chi connectivity index (χ3n) is 4.74. The van der Waals surface area contributed by atoms with Crippen molar-refractivity contribution < 1.29 is 9.59 Å². The molecule has 2 aromatic heterocycles. The van der Waals surface area contributed by atoms with Crippen LogP contribution in [0.4, 0.5) is 11.4 Å². The molecule has 0 fully saturated rings. The van der Waals surface area contributed by atoms with E-state index in [1.54, 1.807) is 36.4 Å². The van der Waals surface area contributed by atoms with Gasteiger partial charge in [0.05, 0.1) is 21.3 Å². The average Bonchev–Trinajstić information content (AvgIpc) is 3.40.